The van der Waals surface area contributed by atoms with Gasteiger partial charge in [-0.3, -0.25) is 4.68 Å². The van der Waals surface area contributed by atoms with Crippen LogP contribution in [0.1, 0.15) is 38.4 Å². The Balaban J connectivity index is 2.23. The van der Waals surface area contributed by atoms with Crippen molar-refractivity contribution in [3.05, 3.63) is 40.7 Å². The molecule has 0 atom stereocenters. The van der Waals surface area contributed by atoms with E-state index in [1.54, 1.807) is 0 Å². The first kappa shape index (κ1) is 16.1. The van der Waals surface area contributed by atoms with E-state index in [1.165, 1.54) is 0 Å². The zero-order valence-corrected chi connectivity index (χ0v) is 14.0. The van der Waals surface area contributed by atoms with Crippen LogP contribution in [0.5, 0.6) is 0 Å². The van der Waals surface area contributed by atoms with E-state index in [2.05, 4.69) is 49.5 Å². The van der Waals surface area contributed by atoms with Gasteiger partial charge in [0.2, 0.25) is 0 Å². The average Bonchev–Trinajstić information content (AvgIpc) is 2.78. The Hall–Kier alpha value is -1.32. The molecule has 1 aromatic heterocycles. The van der Waals surface area contributed by atoms with Crippen LogP contribution in [0.2, 0.25) is 5.02 Å². The molecule has 0 bridgehead atoms. The van der Waals surface area contributed by atoms with Crippen molar-refractivity contribution < 1.29 is 0 Å². The zero-order chi connectivity index (χ0) is 15.4. The third-order valence-electron chi connectivity index (χ3n) is 3.46. The monoisotopic (exact) mass is 305 g/mol. The van der Waals surface area contributed by atoms with Gasteiger partial charge >= 0.3 is 0 Å². The SMILES string of the molecule is CCCn1cc(-c2ccc(CNC(C)C)c(Cl)c2)c(C)n1. The Kier molecular flexibility index (Phi) is 5.43. The van der Waals surface area contributed by atoms with Crippen LogP contribution in [0.3, 0.4) is 0 Å². The molecule has 0 saturated carbocycles. The molecule has 1 aromatic carbocycles. The van der Waals surface area contributed by atoms with Crippen molar-refractivity contribution in [3.8, 4) is 11.1 Å². The van der Waals surface area contributed by atoms with E-state index < -0.39 is 0 Å². The fourth-order valence-electron chi connectivity index (χ4n) is 2.32. The summed E-state index contributed by atoms with van der Waals surface area (Å²) in [5, 5.41) is 8.75. The van der Waals surface area contributed by atoms with Crippen LogP contribution in [-0.4, -0.2) is 15.8 Å². The van der Waals surface area contributed by atoms with E-state index in [0.717, 1.165) is 46.9 Å². The minimum Gasteiger partial charge on any atom is -0.310 e. The van der Waals surface area contributed by atoms with Crippen molar-refractivity contribution in [2.45, 2.75) is 53.2 Å². The Morgan fingerprint density at radius 2 is 2.10 bits per heavy atom. The molecule has 4 heteroatoms. The van der Waals surface area contributed by atoms with Crippen molar-refractivity contribution in [3.63, 3.8) is 0 Å². The molecular weight excluding hydrogens is 282 g/mol. The van der Waals surface area contributed by atoms with Gasteiger partial charge in [-0.05, 0) is 30.5 Å². The summed E-state index contributed by atoms with van der Waals surface area (Å²) in [6.45, 7) is 10.2. The summed E-state index contributed by atoms with van der Waals surface area (Å²) in [4.78, 5) is 0. The highest BCUT2D eigenvalue weighted by molar-refractivity contribution is 6.31. The molecule has 0 unspecified atom stereocenters. The zero-order valence-electron chi connectivity index (χ0n) is 13.3. The lowest BCUT2D eigenvalue weighted by molar-refractivity contribution is 0.589. The maximum Gasteiger partial charge on any atom is 0.0672 e. The molecule has 0 radical (unpaired) electrons. The van der Waals surface area contributed by atoms with E-state index in [9.17, 15) is 0 Å². The fraction of sp³-hybridized carbons (Fsp3) is 0.471. The molecule has 0 aliphatic carbocycles. The minimum absolute atomic E-state index is 0.454. The van der Waals surface area contributed by atoms with Crippen LogP contribution in [0.15, 0.2) is 24.4 Å². The maximum atomic E-state index is 6.42. The molecule has 2 rings (SSSR count). The highest BCUT2D eigenvalue weighted by Crippen LogP contribution is 2.27. The normalized spacial score (nSPS) is 11.3. The molecule has 3 nitrogen and oxygen atoms in total. The third-order valence-corrected chi connectivity index (χ3v) is 3.82. The van der Waals surface area contributed by atoms with Crippen molar-refractivity contribution in [1.29, 1.82) is 0 Å². The number of nitrogens with zero attached hydrogens (tertiary/aromatic N) is 2. The highest BCUT2D eigenvalue weighted by Gasteiger charge is 2.09. The summed E-state index contributed by atoms with van der Waals surface area (Å²) in [6.07, 6.45) is 3.19. The first-order valence-electron chi connectivity index (χ1n) is 7.57. The average molecular weight is 306 g/mol. The van der Waals surface area contributed by atoms with Crippen molar-refractivity contribution in [2.24, 2.45) is 0 Å². The Bertz CT molecular complexity index is 602. The molecule has 21 heavy (non-hydrogen) atoms. The molecule has 0 aliphatic rings. The van der Waals surface area contributed by atoms with Gasteiger partial charge in [0.1, 0.15) is 0 Å². The molecule has 0 saturated heterocycles. The number of nitrogens with one attached hydrogen (secondary N) is 1. The summed E-state index contributed by atoms with van der Waals surface area (Å²) in [7, 11) is 0. The molecule has 0 fully saturated rings. The molecule has 0 amide bonds. The second kappa shape index (κ2) is 7.10. The molecule has 2 aromatic rings. The number of halogens is 1. The molecule has 0 aliphatic heterocycles. The van der Waals surface area contributed by atoms with Gasteiger partial charge in [-0.2, -0.15) is 5.10 Å². The number of aromatic nitrogens is 2. The lowest BCUT2D eigenvalue weighted by atomic mass is 10.0. The summed E-state index contributed by atoms with van der Waals surface area (Å²) < 4.78 is 2.01. The second-order valence-corrected chi connectivity index (χ2v) is 6.14. The number of benzene rings is 1. The van der Waals surface area contributed by atoms with Gasteiger partial charge in [0.25, 0.3) is 0 Å². The van der Waals surface area contributed by atoms with Gasteiger partial charge in [-0.1, -0.05) is 44.5 Å². The third kappa shape index (κ3) is 4.08. The van der Waals surface area contributed by atoms with E-state index in [0.29, 0.717) is 6.04 Å². The predicted molar refractivity (Wildman–Crippen MR) is 89.7 cm³/mol. The summed E-state index contributed by atoms with van der Waals surface area (Å²) >= 11 is 6.42. The smallest absolute Gasteiger partial charge is 0.0672 e. The quantitative estimate of drug-likeness (QED) is 0.856. The number of hydrogen-bond acceptors (Lipinski definition) is 2. The maximum absolute atomic E-state index is 6.42. The topological polar surface area (TPSA) is 29.9 Å². The molecular formula is C17H24ClN3. The molecule has 114 valence electrons. The van der Waals surface area contributed by atoms with Gasteiger partial charge in [0.05, 0.1) is 5.69 Å². The highest BCUT2D eigenvalue weighted by atomic mass is 35.5. The van der Waals surface area contributed by atoms with Crippen LogP contribution in [0.4, 0.5) is 0 Å². The van der Waals surface area contributed by atoms with E-state index in [4.69, 9.17) is 11.6 Å². The first-order chi connectivity index (χ1) is 10.0. The van der Waals surface area contributed by atoms with Crippen LogP contribution in [-0.2, 0) is 13.1 Å². The van der Waals surface area contributed by atoms with Gasteiger partial charge < -0.3 is 5.32 Å². The predicted octanol–water partition coefficient (Wildman–Crippen LogP) is 4.42. The van der Waals surface area contributed by atoms with Crippen LogP contribution < -0.4 is 5.32 Å². The summed E-state index contributed by atoms with van der Waals surface area (Å²) in [5.74, 6) is 0. The Labute approximate surface area is 132 Å². The van der Waals surface area contributed by atoms with Gasteiger partial charge in [0.15, 0.2) is 0 Å². The number of rotatable bonds is 6. The van der Waals surface area contributed by atoms with Crippen molar-refractivity contribution >= 4 is 11.6 Å². The van der Waals surface area contributed by atoms with Gasteiger partial charge in [-0.15, -0.1) is 0 Å². The van der Waals surface area contributed by atoms with Crippen LogP contribution >= 0.6 is 11.6 Å². The summed E-state index contributed by atoms with van der Waals surface area (Å²) in [5.41, 5.74) is 4.47. The lowest BCUT2D eigenvalue weighted by Gasteiger charge is -2.10. The van der Waals surface area contributed by atoms with Crippen LogP contribution in [0, 0.1) is 6.92 Å². The number of hydrogen-bond donors (Lipinski definition) is 1. The second-order valence-electron chi connectivity index (χ2n) is 5.73. The van der Waals surface area contributed by atoms with E-state index in [1.807, 2.05) is 17.7 Å². The number of aryl methyl sites for hydroxylation is 2. The molecule has 1 N–H and O–H groups in total. The fourth-order valence-corrected chi connectivity index (χ4v) is 2.56. The van der Waals surface area contributed by atoms with E-state index >= 15 is 0 Å². The van der Waals surface area contributed by atoms with Crippen LogP contribution in [0.25, 0.3) is 11.1 Å². The Morgan fingerprint density at radius 1 is 1.33 bits per heavy atom. The largest absolute Gasteiger partial charge is 0.310 e. The minimum atomic E-state index is 0.454. The van der Waals surface area contributed by atoms with Gasteiger partial charge in [-0.25, -0.2) is 0 Å². The van der Waals surface area contributed by atoms with Gasteiger partial charge in [0, 0.05) is 35.9 Å². The van der Waals surface area contributed by atoms with E-state index in [-0.39, 0.29) is 0 Å². The first-order valence-corrected chi connectivity index (χ1v) is 7.95. The lowest BCUT2D eigenvalue weighted by Crippen LogP contribution is -2.21. The Morgan fingerprint density at radius 3 is 2.71 bits per heavy atom. The van der Waals surface area contributed by atoms with Crippen molar-refractivity contribution in [1.82, 2.24) is 15.1 Å². The summed E-state index contributed by atoms with van der Waals surface area (Å²) in [6, 6.07) is 6.72. The van der Waals surface area contributed by atoms with Crippen molar-refractivity contribution in [2.75, 3.05) is 0 Å². The molecule has 1 heterocycles. The standard InChI is InChI=1S/C17H24ClN3/c1-5-8-21-11-16(13(4)20-21)14-6-7-15(17(18)9-14)10-19-12(2)3/h6-7,9,11-12,19H,5,8,10H2,1-4H3. The molecule has 0 spiro atoms.